The van der Waals surface area contributed by atoms with E-state index in [4.69, 9.17) is 4.99 Å². The van der Waals surface area contributed by atoms with Crippen LogP contribution in [0, 0.1) is 5.92 Å². The minimum atomic E-state index is 0. The average Bonchev–Trinajstić information content (AvgIpc) is 3.32. The second-order valence-corrected chi connectivity index (χ2v) is 8.31. The van der Waals surface area contributed by atoms with Crippen LogP contribution in [0.25, 0.3) is 0 Å². The van der Waals surface area contributed by atoms with Gasteiger partial charge in [0.25, 0.3) is 0 Å². The number of hydrogen-bond acceptors (Lipinski definition) is 4. The molecule has 0 aromatic carbocycles. The average molecular weight is 503 g/mol. The van der Waals surface area contributed by atoms with Gasteiger partial charge in [0.2, 0.25) is 0 Å². The number of guanidine groups is 1. The fraction of sp³-hybridized carbons (Fsp3) is 0.850. The monoisotopic (exact) mass is 503 g/mol. The lowest BCUT2D eigenvalue weighted by Gasteiger charge is -2.38. The van der Waals surface area contributed by atoms with Crippen molar-refractivity contribution >= 4 is 29.9 Å². The van der Waals surface area contributed by atoms with Gasteiger partial charge in [0, 0.05) is 51.7 Å². The Morgan fingerprint density at radius 1 is 1.21 bits per heavy atom. The Hall–Kier alpha value is -0.900. The van der Waals surface area contributed by atoms with Crippen molar-refractivity contribution in [3.8, 4) is 0 Å². The van der Waals surface area contributed by atoms with Crippen molar-refractivity contribution in [2.45, 2.75) is 65.5 Å². The first kappa shape index (κ1) is 23.4. The third-order valence-electron chi connectivity index (χ3n) is 5.60. The number of rotatable bonds is 7. The van der Waals surface area contributed by atoms with Gasteiger partial charge < -0.3 is 14.8 Å². The van der Waals surface area contributed by atoms with Crippen LogP contribution in [-0.2, 0) is 13.0 Å². The number of aryl methyl sites for hydroxylation is 1. The number of aliphatic imine (C=N–C) groups is 1. The Labute approximate surface area is 187 Å². The molecule has 160 valence electrons. The van der Waals surface area contributed by atoms with E-state index >= 15 is 0 Å². The zero-order chi connectivity index (χ0) is 19.1. The molecule has 1 N–H and O–H groups in total. The maximum atomic E-state index is 4.98. The molecule has 0 atom stereocenters. The van der Waals surface area contributed by atoms with Gasteiger partial charge in [-0.1, -0.05) is 33.6 Å². The molecule has 1 aliphatic heterocycles. The first-order valence-corrected chi connectivity index (χ1v) is 10.8. The largest absolute Gasteiger partial charge is 0.354 e. The van der Waals surface area contributed by atoms with Crippen LogP contribution in [0.5, 0.6) is 0 Å². The Morgan fingerprint density at radius 2 is 1.93 bits per heavy atom. The molecule has 1 saturated carbocycles. The molecule has 0 spiro atoms. The zero-order valence-electron chi connectivity index (χ0n) is 17.8. The van der Waals surface area contributed by atoms with Gasteiger partial charge in [0.05, 0.1) is 6.54 Å². The van der Waals surface area contributed by atoms with Gasteiger partial charge in [-0.3, -0.25) is 9.89 Å². The normalized spacial score (nSPS) is 19.3. The summed E-state index contributed by atoms with van der Waals surface area (Å²) in [4.78, 5) is 10.0. The number of nitrogens with zero attached hydrogens (tertiary/aromatic N) is 6. The zero-order valence-corrected chi connectivity index (χ0v) is 20.1. The summed E-state index contributed by atoms with van der Waals surface area (Å²) in [5, 5.41) is 12.0. The summed E-state index contributed by atoms with van der Waals surface area (Å²) in [6, 6.07) is 0.596. The van der Waals surface area contributed by atoms with Crippen LogP contribution in [0.2, 0.25) is 0 Å². The predicted octanol–water partition coefficient (Wildman–Crippen LogP) is 2.62. The summed E-state index contributed by atoms with van der Waals surface area (Å²) in [6.45, 7) is 13.9. The quantitative estimate of drug-likeness (QED) is 0.352. The molecule has 1 saturated heterocycles. The highest BCUT2D eigenvalue weighted by Crippen LogP contribution is 2.18. The van der Waals surface area contributed by atoms with Gasteiger partial charge in [0.15, 0.2) is 5.96 Å². The smallest absolute Gasteiger partial charge is 0.194 e. The molecular formula is C20H38IN7. The molecule has 28 heavy (non-hydrogen) atoms. The maximum absolute atomic E-state index is 4.98. The van der Waals surface area contributed by atoms with Crippen molar-refractivity contribution in [2.75, 3.05) is 39.3 Å². The van der Waals surface area contributed by atoms with E-state index in [1.54, 1.807) is 0 Å². The molecule has 0 radical (unpaired) electrons. The van der Waals surface area contributed by atoms with Gasteiger partial charge in [0.1, 0.15) is 12.2 Å². The third kappa shape index (κ3) is 6.86. The fourth-order valence-electron chi connectivity index (χ4n) is 4.15. The van der Waals surface area contributed by atoms with Crippen molar-refractivity contribution in [1.29, 1.82) is 0 Å². The van der Waals surface area contributed by atoms with Crippen LogP contribution < -0.4 is 5.32 Å². The topological polar surface area (TPSA) is 61.6 Å². The predicted molar refractivity (Wildman–Crippen MR) is 125 cm³/mol. The van der Waals surface area contributed by atoms with Crippen LogP contribution in [0.4, 0.5) is 0 Å². The molecule has 2 heterocycles. The van der Waals surface area contributed by atoms with Crippen molar-refractivity contribution in [1.82, 2.24) is 29.9 Å². The molecule has 2 fully saturated rings. The minimum Gasteiger partial charge on any atom is -0.354 e. The van der Waals surface area contributed by atoms with Crippen molar-refractivity contribution < 1.29 is 0 Å². The van der Waals surface area contributed by atoms with Gasteiger partial charge in [-0.15, -0.1) is 34.2 Å². The standard InChI is InChI=1S/C20H37N7.HI/c1-4-19-24-22-16-27(19)10-9-21-20(23-18-7-5-6-8-18)26-13-11-25(12-14-26)15-17(2)3;/h16-18H,4-15H2,1-3H3,(H,21,23);1H. The van der Waals surface area contributed by atoms with Gasteiger partial charge in [-0.05, 0) is 18.8 Å². The molecule has 0 amide bonds. The molecule has 1 aliphatic carbocycles. The highest BCUT2D eigenvalue weighted by Gasteiger charge is 2.23. The van der Waals surface area contributed by atoms with E-state index < -0.39 is 0 Å². The van der Waals surface area contributed by atoms with E-state index in [1.165, 1.54) is 32.2 Å². The van der Waals surface area contributed by atoms with Crippen LogP contribution >= 0.6 is 24.0 Å². The fourth-order valence-corrected chi connectivity index (χ4v) is 4.15. The minimum absolute atomic E-state index is 0. The summed E-state index contributed by atoms with van der Waals surface area (Å²) in [7, 11) is 0. The molecule has 0 unspecified atom stereocenters. The molecule has 7 nitrogen and oxygen atoms in total. The molecule has 2 aliphatic rings. The summed E-state index contributed by atoms with van der Waals surface area (Å²) in [5.74, 6) is 2.88. The van der Waals surface area contributed by atoms with Crippen LogP contribution in [0.3, 0.4) is 0 Å². The Morgan fingerprint density at radius 3 is 2.57 bits per heavy atom. The van der Waals surface area contributed by atoms with E-state index in [-0.39, 0.29) is 24.0 Å². The number of nitrogens with one attached hydrogen (secondary N) is 1. The van der Waals surface area contributed by atoms with Gasteiger partial charge in [-0.25, -0.2) is 0 Å². The SMILES string of the molecule is CCc1nncn1CCN=C(NC1CCCC1)N1CCN(CC(C)C)CC1.I. The Kier molecular flexibility index (Phi) is 9.98. The first-order valence-electron chi connectivity index (χ1n) is 10.8. The first-order chi connectivity index (χ1) is 13.2. The van der Waals surface area contributed by atoms with E-state index in [2.05, 4.69) is 50.7 Å². The van der Waals surface area contributed by atoms with E-state index in [1.807, 2.05) is 6.33 Å². The maximum Gasteiger partial charge on any atom is 0.194 e. The molecule has 1 aromatic heterocycles. The summed E-state index contributed by atoms with van der Waals surface area (Å²) < 4.78 is 2.12. The second kappa shape index (κ2) is 11.9. The number of halogens is 1. The molecule has 1 aromatic rings. The second-order valence-electron chi connectivity index (χ2n) is 8.31. The molecule has 0 bridgehead atoms. The Bertz CT molecular complexity index is 587. The van der Waals surface area contributed by atoms with Crippen molar-refractivity contribution in [3.05, 3.63) is 12.2 Å². The van der Waals surface area contributed by atoms with E-state index in [0.29, 0.717) is 6.04 Å². The molecule has 3 rings (SSSR count). The van der Waals surface area contributed by atoms with Crippen molar-refractivity contribution in [3.63, 3.8) is 0 Å². The highest BCUT2D eigenvalue weighted by atomic mass is 127. The van der Waals surface area contributed by atoms with E-state index in [9.17, 15) is 0 Å². The van der Waals surface area contributed by atoms with Crippen LogP contribution in [0.1, 0.15) is 52.3 Å². The van der Waals surface area contributed by atoms with Gasteiger partial charge in [-0.2, -0.15) is 0 Å². The lowest BCUT2D eigenvalue weighted by atomic mass is 10.2. The van der Waals surface area contributed by atoms with Crippen LogP contribution in [0.15, 0.2) is 11.3 Å². The molecule has 8 heteroatoms. The van der Waals surface area contributed by atoms with E-state index in [0.717, 1.165) is 63.4 Å². The lowest BCUT2D eigenvalue weighted by Crippen LogP contribution is -2.54. The third-order valence-corrected chi connectivity index (χ3v) is 5.60. The molecular weight excluding hydrogens is 465 g/mol. The highest BCUT2D eigenvalue weighted by molar-refractivity contribution is 14.0. The lowest BCUT2D eigenvalue weighted by molar-refractivity contribution is 0.163. The van der Waals surface area contributed by atoms with Crippen LogP contribution in [-0.4, -0.2) is 75.8 Å². The number of aromatic nitrogens is 3. The summed E-state index contributed by atoms with van der Waals surface area (Å²) in [5.41, 5.74) is 0. The van der Waals surface area contributed by atoms with Crippen molar-refractivity contribution in [2.24, 2.45) is 10.9 Å². The summed E-state index contributed by atoms with van der Waals surface area (Å²) >= 11 is 0. The number of piperazine rings is 1. The number of hydrogen-bond donors (Lipinski definition) is 1. The summed E-state index contributed by atoms with van der Waals surface area (Å²) in [6.07, 6.45) is 7.97. The van der Waals surface area contributed by atoms with Gasteiger partial charge >= 0.3 is 0 Å². The Balaban J connectivity index is 0.00000280.